The second kappa shape index (κ2) is 11.9. The van der Waals surface area contributed by atoms with Gasteiger partial charge in [0.1, 0.15) is 12.6 Å². The molecule has 3 rings (SSSR count). The van der Waals surface area contributed by atoms with Crippen LogP contribution in [-0.4, -0.2) is 18.4 Å². The van der Waals surface area contributed by atoms with Crippen molar-refractivity contribution in [1.82, 2.24) is 10.4 Å². The van der Waals surface area contributed by atoms with Gasteiger partial charge in [-0.15, -0.1) is 0 Å². The van der Waals surface area contributed by atoms with E-state index in [1.165, 1.54) is 19.1 Å². The van der Waals surface area contributed by atoms with Crippen molar-refractivity contribution in [1.29, 1.82) is 0 Å². The molecule has 1 unspecified atom stereocenters. The van der Waals surface area contributed by atoms with Crippen LogP contribution in [0.1, 0.15) is 29.7 Å². The van der Waals surface area contributed by atoms with Crippen molar-refractivity contribution in [2.75, 3.05) is 6.61 Å². The van der Waals surface area contributed by atoms with E-state index in [2.05, 4.69) is 10.4 Å². The van der Waals surface area contributed by atoms with Crippen LogP contribution in [0.4, 0.5) is 13.6 Å². The lowest BCUT2D eigenvalue weighted by molar-refractivity contribution is 0.0226. The number of rotatable bonds is 11. The molecule has 0 aliphatic rings. The highest BCUT2D eigenvalue weighted by Crippen LogP contribution is 2.62. The van der Waals surface area contributed by atoms with Crippen molar-refractivity contribution in [3.8, 4) is 0 Å². The van der Waals surface area contributed by atoms with E-state index in [0.29, 0.717) is 11.1 Å². The first kappa shape index (κ1) is 25.6. The van der Waals surface area contributed by atoms with Gasteiger partial charge in [-0.05, 0) is 23.6 Å². The molecule has 0 bridgehead atoms. The molecule has 0 saturated carbocycles. The zero-order valence-electron chi connectivity index (χ0n) is 18.7. The molecule has 6 nitrogen and oxygen atoms in total. The molecule has 0 spiro atoms. The molecule has 0 aliphatic carbocycles. The lowest BCUT2D eigenvalue weighted by atomic mass is 10.1. The Morgan fingerprint density at radius 3 is 2.00 bits per heavy atom. The van der Waals surface area contributed by atoms with Crippen molar-refractivity contribution in [2.45, 2.75) is 31.8 Å². The quantitative estimate of drug-likeness (QED) is 0.311. The number of ether oxygens (including phenoxy) is 1. The summed E-state index contributed by atoms with van der Waals surface area (Å²) >= 11 is 0. The van der Waals surface area contributed by atoms with Crippen molar-refractivity contribution in [3.63, 3.8) is 0 Å². The van der Waals surface area contributed by atoms with Gasteiger partial charge in [0.2, 0.25) is 0 Å². The van der Waals surface area contributed by atoms with Crippen molar-refractivity contribution in [2.24, 2.45) is 0 Å². The second-order valence-corrected chi connectivity index (χ2v) is 9.70. The minimum Gasteiger partial charge on any atom is -0.445 e. The fraction of sp³-hybridized carbons (Fsp3) is 0.240. The first-order valence-corrected chi connectivity index (χ1v) is 12.4. The van der Waals surface area contributed by atoms with Crippen LogP contribution in [0, 0.1) is 0 Å². The van der Waals surface area contributed by atoms with Gasteiger partial charge in [0.05, 0.1) is 6.61 Å². The van der Waals surface area contributed by atoms with Crippen molar-refractivity contribution < 1.29 is 27.4 Å². The normalized spacial score (nSPS) is 14.1. The summed E-state index contributed by atoms with van der Waals surface area (Å²) in [6.07, 6.45) is -1.07. The predicted molar refractivity (Wildman–Crippen MR) is 126 cm³/mol. The Balaban J connectivity index is 1.84. The Bertz CT molecular complexity index is 1090. The first-order chi connectivity index (χ1) is 16.4. The Kier molecular flexibility index (Phi) is 8.93. The third-order valence-corrected chi connectivity index (χ3v) is 7.23. The second-order valence-electron chi connectivity index (χ2n) is 7.43. The highest BCUT2D eigenvalue weighted by atomic mass is 31.2. The van der Waals surface area contributed by atoms with E-state index in [1.54, 1.807) is 72.8 Å². The molecule has 0 fully saturated rings. The van der Waals surface area contributed by atoms with Crippen molar-refractivity contribution in [3.05, 3.63) is 108 Å². The Labute approximate surface area is 197 Å². The summed E-state index contributed by atoms with van der Waals surface area (Å²) in [6, 6.07) is 23.2. The van der Waals surface area contributed by atoms with E-state index in [4.69, 9.17) is 9.26 Å². The number of benzene rings is 3. The minimum atomic E-state index is -4.80. The zero-order valence-corrected chi connectivity index (χ0v) is 19.6. The molecule has 3 aromatic rings. The number of carbonyl (C=O) groups excluding carboxylic acids is 1. The molecule has 34 heavy (non-hydrogen) atoms. The molecule has 0 aromatic heterocycles. The molecule has 2 atom stereocenters. The van der Waals surface area contributed by atoms with Gasteiger partial charge < -0.3 is 14.6 Å². The number of hydrogen-bond acceptors (Lipinski definition) is 4. The SMILES string of the molecule is CCOP(=O)(NCc1ccccc1)C(F)(F)[C@H](NC(=O)OCc1ccccc1)c1ccccc1. The van der Waals surface area contributed by atoms with Gasteiger partial charge in [-0.3, -0.25) is 4.57 Å². The topological polar surface area (TPSA) is 76.7 Å². The smallest absolute Gasteiger partial charge is 0.408 e. The fourth-order valence-electron chi connectivity index (χ4n) is 3.28. The molecular formula is C25H27F2N2O4P. The standard InChI is InChI=1S/C25H27F2N2O4P/c1-2-33-34(31,28-18-20-12-6-3-7-13-20)25(26,27)23(22-16-10-5-11-17-22)29-24(30)32-19-21-14-8-4-9-15-21/h3-17,23H,2,18-19H2,1H3,(H,28,31)(H,29,30)/t23-,34?/m1/s1. The monoisotopic (exact) mass is 488 g/mol. The minimum absolute atomic E-state index is 0.0607. The maximum Gasteiger partial charge on any atom is 0.408 e. The zero-order chi connectivity index (χ0) is 24.4. The third-order valence-electron chi connectivity index (χ3n) is 4.99. The van der Waals surface area contributed by atoms with Crippen LogP contribution in [0.25, 0.3) is 0 Å². The Hall–Kier alpha value is -3.06. The number of hydrogen-bond donors (Lipinski definition) is 2. The van der Waals surface area contributed by atoms with E-state index in [0.717, 1.165) is 0 Å². The number of nitrogens with one attached hydrogen (secondary N) is 2. The van der Waals surface area contributed by atoms with Crippen LogP contribution >= 0.6 is 7.52 Å². The van der Waals surface area contributed by atoms with E-state index in [1.807, 2.05) is 6.07 Å². The molecule has 180 valence electrons. The van der Waals surface area contributed by atoms with Crippen LogP contribution in [0.2, 0.25) is 0 Å². The first-order valence-electron chi connectivity index (χ1n) is 10.8. The third kappa shape index (κ3) is 6.50. The van der Waals surface area contributed by atoms with Gasteiger partial charge >= 0.3 is 19.3 Å². The molecule has 0 heterocycles. The molecule has 3 aromatic carbocycles. The molecule has 1 amide bonds. The Morgan fingerprint density at radius 1 is 0.912 bits per heavy atom. The van der Waals surface area contributed by atoms with Crippen LogP contribution in [0.5, 0.6) is 0 Å². The summed E-state index contributed by atoms with van der Waals surface area (Å²) in [6.45, 7) is 1.06. The molecule has 0 aliphatic heterocycles. The van der Waals surface area contributed by atoms with Gasteiger partial charge in [-0.25, -0.2) is 9.88 Å². The van der Waals surface area contributed by atoms with E-state index >= 15 is 8.78 Å². The number of amides is 1. The summed E-state index contributed by atoms with van der Waals surface area (Å²) in [5.41, 5.74) is -2.58. The van der Waals surface area contributed by atoms with Crippen molar-refractivity contribution >= 4 is 13.6 Å². The number of carbonyl (C=O) groups is 1. The molecule has 0 radical (unpaired) electrons. The van der Waals surface area contributed by atoms with Crippen LogP contribution in [0.15, 0.2) is 91.0 Å². The summed E-state index contributed by atoms with van der Waals surface area (Å²) < 4.78 is 55.6. The average Bonchev–Trinajstić information content (AvgIpc) is 2.86. The van der Waals surface area contributed by atoms with Gasteiger partial charge in [0.15, 0.2) is 0 Å². The largest absolute Gasteiger partial charge is 0.445 e. The van der Waals surface area contributed by atoms with Gasteiger partial charge in [0.25, 0.3) is 0 Å². The molecule has 9 heteroatoms. The number of alkyl halides is 2. The number of halogens is 2. The van der Waals surface area contributed by atoms with Crippen LogP contribution in [0.3, 0.4) is 0 Å². The highest BCUT2D eigenvalue weighted by molar-refractivity contribution is 7.58. The van der Waals surface area contributed by atoms with E-state index in [9.17, 15) is 9.36 Å². The van der Waals surface area contributed by atoms with Gasteiger partial charge in [-0.2, -0.15) is 8.78 Å². The summed E-state index contributed by atoms with van der Waals surface area (Å²) in [7, 11) is -4.80. The van der Waals surface area contributed by atoms with E-state index in [-0.39, 0.29) is 25.3 Å². The lowest BCUT2D eigenvalue weighted by Crippen LogP contribution is -2.43. The van der Waals surface area contributed by atoms with Crippen LogP contribution < -0.4 is 10.4 Å². The number of alkyl carbamates (subject to hydrolysis) is 1. The summed E-state index contributed by atoms with van der Waals surface area (Å²) in [4.78, 5) is 12.5. The van der Waals surface area contributed by atoms with Crippen LogP contribution in [-0.2, 0) is 27.0 Å². The maximum absolute atomic E-state index is 15.9. The lowest BCUT2D eigenvalue weighted by Gasteiger charge is -2.33. The average molecular weight is 488 g/mol. The van der Waals surface area contributed by atoms with Gasteiger partial charge in [-0.1, -0.05) is 91.0 Å². The van der Waals surface area contributed by atoms with E-state index < -0.39 is 25.3 Å². The fourth-order valence-corrected chi connectivity index (χ4v) is 5.06. The Morgan fingerprint density at radius 2 is 1.44 bits per heavy atom. The predicted octanol–water partition coefficient (Wildman–Crippen LogP) is 6.27. The highest BCUT2D eigenvalue weighted by Gasteiger charge is 2.58. The molecular weight excluding hydrogens is 461 g/mol. The summed E-state index contributed by atoms with van der Waals surface area (Å²) in [5, 5.41) is 4.63. The molecule has 0 saturated heterocycles. The summed E-state index contributed by atoms with van der Waals surface area (Å²) in [5.74, 6) is 0. The maximum atomic E-state index is 15.9. The molecule has 2 N–H and O–H groups in total. The van der Waals surface area contributed by atoms with Gasteiger partial charge in [0, 0.05) is 6.54 Å².